The van der Waals surface area contributed by atoms with Crippen molar-refractivity contribution in [3.63, 3.8) is 0 Å². The lowest BCUT2D eigenvalue weighted by atomic mass is 9.77. The van der Waals surface area contributed by atoms with Crippen LogP contribution in [0.2, 0.25) is 0 Å². The molecule has 1 amide bonds. The van der Waals surface area contributed by atoms with Crippen LogP contribution in [0.15, 0.2) is 17.3 Å². The van der Waals surface area contributed by atoms with Crippen molar-refractivity contribution in [1.82, 2.24) is 5.32 Å². The zero-order chi connectivity index (χ0) is 11.3. The number of ketones is 1. The van der Waals surface area contributed by atoms with E-state index in [4.69, 9.17) is 4.84 Å². The third-order valence-electron chi connectivity index (χ3n) is 3.53. The first-order valence-electron chi connectivity index (χ1n) is 5.37. The number of oxime groups is 1. The molecule has 16 heavy (non-hydrogen) atoms. The second kappa shape index (κ2) is 2.93. The first kappa shape index (κ1) is 9.57. The number of hydrogen-bond donors (Lipinski definition) is 1. The molecule has 5 heteroatoms. The maximum Gasteiger partial charge on any atom is 0.217 e. The molecule has 0 saturated heterocycles. The van der Waals surface area contributed by atoms with Crippen molar-refractivity contribution in [2.24, 2.45) is 11.1 Å². The van der Waals surface area contributed by atoms with Gasteiger partial charge in [-0.3, -0.25) is 9.59 Å². The molecule has 1 heterocycles. The average molecular weight is 220 g/mol. The van der Waals surface area contributed by atoms with Gasteiger partial charge in [0, 0.05) is 6.92 Å². The Balaban J connectivity index is 2.04. The van der Waals surface area contributed by atoms with E-state index < -0.39 is 11.6 Å². The Labute approximate surface area is 92.5 Å². The lowest BCUT2D eigenvalue weighted by Crippen LogP contribution is -2.56. The first-order chi connectivity index (χ1) is 7.62. The van der Waals surface area contributed by atoms with E-state index in [1.54, 1.807) is 6.08 Å². The van der Waals surface area contributed by atoms with Crippen molar-refractivity contribution in [3.8, 4) is 0 Å². The SMILES string of the molecule is CC(=O)N[C@]12C=CC(=O)[C@@H]3ON=C(CC1)[C@@H]32. The van der Waals surface area contributed by atoms with Gasteiger partial charge in [0.15, 0.2) is 11.9 Å². The molecule has 3 atom stereocenters. The summed E-state index contributed by atoms with van der Waals surface area (Å²) < 4.78 is 0. The predicted octanol–water partition coefficient (Wildman–Crippen LogP) is 0.165. The van der Waals surface area contributed by atoms with Crippen molar-refractivity contribution in [2.45, 2.75) is 31.4 Å². The molecule has 0 unspecified atom stereocenters. The molecule has 84 valence electrons. The van der Waals surface area contributed by atoms with Crippen LogP contribution in [0.25, 0.3) is 0 Å². The number of carbonyl (C=O) groups is 2. The Hall–Kier alpha value is -1.65. The van der Waals surface area contributed by atoms with E-state index in [-0.39, 0.29) is 17.6 Å². The summed E-state index contributed by atoms with van der Waals surface area (Å²) in [6.45, 7) is 1.49. The maximum absolute atomic E-state index is 11.6. The highest BCUT2D eigenvalue weighted by Crippen LogP contribution is 2.44. The minimum Gasteiger partial charge on any atom is -0.383 e. The van der Waals surface area contributed by atoms with Crippen molar-refractivity contribution < 1.29 is 14.4 Å². The summed E-state index contributed by atoms with van der Waals surface area (Å²) in [4.78, 5) is 28.0. The molecule has 0 bridgehead atoms. The van der Waals surface area contributed by atoms with Gasteiger partial charge in [-0.05, 0) is 18.9 Å². The van der Waals surface area contributed by atoms with Crippen LogP contribution >= 0.6 is 0 Å². The molecule has 0 radical (unpaired) electrons. The van der Waals surface area contributed by atoms with Crippen molar-refractivity contribution >= 4 is 17.4 Å². The molecule has 5 nitrogen and oxygen atoms in total. The summed E-state index contributed by atoms with van der Waals surface area (Å²) in [5.41, 5.74) is 0.441. The molecule has 1 N–H and O–H groups in total. The van der Waals surface area contributed by atoms with Crippen LogP contribution in [0.4, 0.5) is 0 Å². The van der Waals surface area contributed by atoms with Gasteiger partial charge in [0.05, 0.1) is 17.2 Å². The van der Waals surface area contributed by atoms with E-state index in [0.717, 1.165) is 18.6 Å². The van der Waals surface area contributed by atoms with E-state index >= 15 is 0 Å². The van der Waals surface area contributed by atoms with Crippen LogP contribution < -0.4 is 5.32 Å². The number of carbonyl (C=O) groups excluding carboxylic acids is 2. The van der Waals surface area contributed by atoms with E-state index in [0.29, 0.717) is 0 Å². The molecular formula is C11H12N2O3. The summed E-state index contributed by atoms with van der Waals surface area (Å²) in [5.74, 6) is -0.258. The van der Waals surface area contributed by atoms with Crippen molar-refractivity contribution in [3.05, 3.63) is 12.2 Å². The molecule has 0 aromatic carbocycles. The third-order valence-corrected chi connectivity index (χ3v) is 3.53. The molecule has 3 rings (SSSR count). The highest BCUT2D eigenvalue weighted by molar-refractivity contribution is 6.05. The fourth-order valence-electron chi connectivity index (χ4n) is 2.91. The standard InChI is InChI=1S/C11H12N2O3/c1-6(14)12-11-4-2-7-9(11)10(16-13-7)8(15)3-5-11/h3,5,9-10H,2,4H2,1H3,(H,12,14)/t9-,10-,11-/m0/s1. The second-order valence-electron chi connectivity index (χ2n) is 4.54. The van der Waals surface area contributed by atoms with Crippen LogP contribution in [0.3, 0.4) is 0 Å². The smallest absolute Gasteiger partial charge is 0.217 e. The molecule has 2 aliphatic carbocycles. The van der Waals surface area contributed by atoms with Crippen molar-refractivity contribution in [1.29, 1.82) is 0 Å². The normalized spacial score (nSPS) is 39.1. The summed E-state index contributed by atoms with van der Waals surface area (Å²) >= 11 is 0. The topological polar surface area (TPSA) is 67.8 Å². The zero-order valence-electron chi connectivity index (χ0n) is 8.90. The fourth-order valence-corrected chi connectivity index (χ4v) is 2.91. The van der Waals surface area contributed by atoms with Gasteiger partial charge in [-0.2, -0.15) is 0 Å². The molecule has 0 aromatic rings. The lowest BCUT2D eigenvalue weighted by Gasteiger charge is -2.35. The van der Waals surface area contributed by atoms with Gasteiger partial charge in [-0.1, -0.05) is 11.2 Å². The lowest BCUT2D eigenvalue weighted by molar-refractivity contribution is -0.130. The van der Waals surface area contributed by atoms with Gasteiger partial charge in [-0.15, -0.1) is 0 Å². The molecule has 1 aliphatic heterocycles. The molecule has 0 aromatic heterocycles. The van der Waals surface area contributed by atoms with E-state index in [2.05, 4.69) is 10.5 Å². The summed E-state index contributed by atoms with van der Waals surface area (Å²) in [5, 5.41) is 6.89. The summed E-state index contributed by atoms with van der Waals surface area (Å²) in [7, 11) is 0. The minimum atomic E-state index is -0.533. The van der Waals surface area contributed by atoms with E-state index in [1.165, 1.54) is 13.0 Å². The monoisotopic (exact) mass is 220 g/mol. The Morgan fingerprint density at radius 3 is 3.25 bits per heavy atom. The van der Waals surface area contributed by atoms with Crippen LogP contribution in [0, 0.1) is 5.92 Å². The average Bonchev–Trinajstić information content (AvgIpc) is 2.77. The third kappa shape index (κ3) is 1.08. The quantitative estimate of drug-likeness (QED) is 0.684. The van der Waals surface area contributed by atoms with Crippen LogP contribution in [-0.2, 0) is 14.4 Å². The minimum absolute atomic E-state index is 0.0633. The van der Waals surface area contributed by atoms with Crippen LogP contribution in [0.5, 0.6) is 0 Å². The Morgan fingerprint density at radius 1 is 1.69 bits per heavy atom. The van der Waals surface area contributed by atoms with Gasteiger partial charge in [-0.25, -0.2) is 0 Å². The Morgan fingerprint density at radius 2 is 2.50 bits per heavy atom. The highest BCUT2D eigenvalue weighted by Gasteiger charge is 2.57. The van der Waals surface area contributed by atoms with Crippen LogP contribution in [0.1, 0.15) is 19.8 Å². The molecule has 1 saturated carbocycles. The Bertz CT molecular complexity index is 441. The fraction of sp³-hybridized carbons (Fsp3) is 0.545. The number of amides is 1. The van der Waals surface area contributed by atoms with E-state index in [1.807, 2.05) is 0 Å². The molecule has 0 spiro atoms. The maximum atomic E-state index is 11.6. The number of nitrogens with one attached hydrogen (secondary N) is 1. The van der Waals surface area contributed by atoms with Gasteiger partial charge >= 0.3 is 0 Å². The van der Waals surface area contributed by atoms with E-state index in [9.17, 15) is 9.59 Å². The predicted molar refractivity (Wildman–Crippen MR) is 55.7 cm³/mol. The summed E-state index contributed by atoms with van der Waals surface area (Å²) in [6.07, 6.45) is 4.34. The zero-order valence-corrected chi connectivity index (χ0v) is 8.90. The molecular weight excluding hydrogens is 208 g/mol. The van der Waals surface area contributed by atoms with Gasteiger partial charge in [0.2, 0.25) is 5.91 Å². The van der Waals surface area contributed by atoms with Gasteiger partial charge in [0.25, 0.3) is 0 Å². The largest absolute Gasteiger partial charge is 0.383 e. The second-order valence-corrected chi connectivity index (χ2v) is 4.54. The summed E-state index contributed by atoms with van der Waals surface area (Å²) in [6, 6.07) is 0. The molecule has 3 aliphatic rings. The molecule has 1 fully saturated rings. The number of hydrogen-bond acceptors (Lipinski definition) is 4. The first-order valence-corrected chi connectivity index (χ1v) is 5.37. The van der Waals surface area contributed by atoms with Gasteiger partial charge < -0.3 is 10.2 Å². The highest BCUT2D eigenvalue weighted by atomic mass is 16.6. The Kier molecular flexibility index (Phi) is 1.75. The number of rotatable bonds is 1. The van der Waals surface area contributed by atoms with Gasteiger partial charge in [0.1, 0.15) is 0 Å². The van der Waals surface area contributed by atoms with Crippen LogP contribution in [-0.4, -0.2) is 29.0 Å². The van der Waals surface area contributed by atoms with Crippen molar-refractivity contribution in [2.75, 3.05) is 0 Å². The number of nitrogens with zero attached hydrogens (tertiary/aromatic N) is 1.